The molecular weight excluding hydrogens is 273 g/mol. The quantitative estimate of drug-likeness (QED) is 0.869. The highest BCUT2D eigenvalue weighted by Crippen LogP contribution is 2.36. The summed E-state index contributed by atoms with van der Waals surface area (Å²) in [4.78, 5) is 12.4. The van der Waals surface area contributed by atoms with Crippen LogP contribution in [0.15, 0.2) is 24.3 Å². The number of halogens is 1. The topological polar surface area (TPSA) is 58.6 Å². The summed E-state index contributed by atoms with van der Waals surface area (Å²) in [6.07, 6.45) is 0.835. The molecule has 3 rings (SSSR count). The van der Waals surface area contributed by atoms with Crippen molar-refractivity contribution in [2.75, 3.05) is 7.11 Å². The van der Waals surface area contributed by atoms with E-state index in [1.54, 1.807) is 19.2 Å². The van der Waals surface area contributed by atoms with Gasteiger partial charge in [0, 0.05) is 25.6 Å². The lowest BCUT2D eigenvalue weighted by Gasteiger charge is -2.44. The molecule has 0 radical (unpaired) electrons. The van der Waals surface area contributed by atoms with Crippen molar-refractivity contribution in [3.63, 3.8) is 0 Å². The Morgan fingerprint density at radius 2 is 2.00 bits per heavy atom. The SMILES string of the molecule is COC1CCC2NC(c3ccc(F)cc3)CC(=O)C2C1O. The normalized spacial score (nSPS) is 36.3. The molecule has 0 bridgehead atoms. The van der Waals surface area contributed by atoms with Gasteiger partial charge in [0.1, 0.15) is 11.6 Å². The minimum absolute atomic E-state index is 0.0392. The van der Waals surface area contributed by atoms with E-state index in [4.69, 9.17) is 4.74 Å². The second-order valence-electron chi connectivity index (χ2n) is 5.92. The smallest absolute Gasteiger partial charge is 0.142 e. The molecule has 1 saturated heterocycles. The molecule has 0 aromatic heterocycles. The highest BCUT2D eigenvalue weighted by atomic mass is 19.1. The van der Waals surface area contributed by atoms with E-state index in [0.29, 0.717) is 6.42 Å². The Morgan fingerprint density at radius 1 is 1.29 bits per heavy atom. The van der Waals surface area contributed by atoms with Crippen LogP contribution in [-0.2, 0) is 9.53 Å². The minimum Gasteiger partial charge on any atom is -0.390 e. The van der Waals surface area contributed by atoms with E-state index < -0.39 is 12.0 Å². The average molecular weight is 293 g/mol. The highest BCUT2D eigenvalue weighted by Gasteiger charge is 2.46. The number of carbonyl (C=O) groups is 1. The van der Waals surface area contributed by atoms with Gasteiger partial charge < -0.3 is 15.2 Å². The number of ketones is 1. The van der Waals surface area contributed by atoms with Gasteiger partial charge in [-0.05, 0) is 30.5 Å². The van der Waals surface area contributed by atoms with Gasteiger partial charge in [0.25, 0.3) is 0 Å². The summed E-state index contributed by atoms with van der Waals surface area (Å²) in [6, 6.07) is 6.08. The number of aliphatic hydroxyl groups is 1. The van der Waals surface area contributed by atoms with Crippen molar-refractivity contribution in [1.82, 2.24) is 5.32 Å². The first-order valence-electron chi connectivity index (χ1n) is 7.35. The van der Waals surface area contributed by atoms with Gasteiger partial charge in [-0.1, -0.05) is 12.1 Å². The Labute approximate surface area is 123 Å². The Morgan fingerprint density at radius 3 is 2.67 bits per heavy atom. The number of hydrogen-bond acceptors (Lipinski definition) is 4. The van der Waals surface area contributed by atoms with Crippen molar-refractivity contribution < 1.29 is 19.0 Å². The Kier molecular flexibility index (Phi) is 4.06. The third-order valence-corrected chi connectivity index (χ3v) is 4.71. The van der Waals surface area contributed by atoms with Crippen LogP contribution < -0.4 is 5.32 Å². The van der Waals surface area contributed by atoms with Crippen molar-refractivity contribution >= 4 is 5.78 Å². The monoisotopic (exact) mass is 293 g/mol. The second kappa shape index (κ2) is 5.83. The molecule has 1 aliphatic heterocycles. The van der Waals surface area contributed by atoms with Crippen LogP contribution in [0.25, 0.3) is 0 Å². The van der Waals surface area contributed by atoms with Gasteiger partial charge in [-0.25, -0.2) is 4.39 Å². The molecular formula is C16H20FNO3. The van der Waals surface area contributed by atoms with Crippen LogP contribution >= 0.6 is 0 Å². The summed E-state index contributed by atoms with van der Waals surface area (Å²) < 4.78 is 18.3. The average Bonchev–Trinajstić information content (AvgIpc) is 2.48. The van der Waals surface area contributed by atoms with E-state index in [9.17, 15) is 14.3 Å². The number of nitrogens with one attached hydrogen (secondary N) is 1. The summed E-state index contributed by atoms with van der Waals surface area (Å²) in [5.41, 5.74) is 0.909. The number of methoxy groups -OCH3 is 1. The van der Waals surface area contributed by atoms with Gasteiger partial charge >= 0.3 is 0 Å². The van der Waals surface area contributed by atoms with Gasteiger partial charge in [0.2, 0.25) is 0 Å². The lowest BCUT2D eigenvalue weighted by atomic mass is 9.73. The molecule has 1 heterocycles. The van der Waals surface area contributed by atoms with Crippen molar-refractivity contribution in [1.29, 1.82) is 0 Å². The summed E-state index contributed by atoms with van der Waals surface area (Å²) in [6.45, 7) is 0. The van der Waals surface area contributed by atoms with Crippen LogP contribution in [0.2, 0.25) is 0 Å². The largest absolute Gasteiger partial charge is 0.390 e. The lowest BCUT2D eigenvalue weighted by Crippen LogP contribution is -2.58. The van der Waals surface area contributed by atoms with Gasteiger partial charge in [-0.3, -0.25) is 4.79 Å². The number of aliphatic hydroxyl groups excluding tert-OH is 1. The molecule has 1 aromatic carbocycles. The molecule has 1 aliphatic carbocycles. The lowest BCUT2D eigenvalue weighted by molar-refractivity contribution is -0.142. The maximum Gasteiger partial charge on any atom is 0.142 e. The molecule has 5 heteroatoms. The molecule has 2 N–H and O–H groups in total. The van der Waals surface area contributed by atoms with Crippen LogP contribution in [0.4, 0.5) is 4.39 Å². The highest BCUT2D eigenvalue weighted by molar-refractivity contribution is 5.84. The van der Waals surface area contributed by atoms with Crippen LogP contribution in [0.1, 0.15) is 30.9 Å². The fourth-order valence-corrected chi connectivity index (χ4v) is 3.59. The molecule has 2 fully saturated rings. The van der Waals surface area contributed by atoms with Crippen molar-refractivity contribution in [3.8, 4) is 0 Å². The first kappa shape index (κ1) is 14.6. The number of rotatable bonds is 2. The summed E-state index contributed by atoms with van der Waals surface area (Å²) in [5.74, 6) is -0.627. The van der Waals surface area contributed by atoms with Gasteiger partial charge in [0.15, 0.2) is 0 Å². The number of fused-ring (bicyclic) bond motifs is 1. The standard InChI is InChI=1S/C16H20FNO3/c1-21-14-7-6-11-15(16(14)20)13(19)8-12(18-11)9-2-4-10(17)5-3-9/h2-5,11-12,14-16,18,20H,6-8H2,1H3. The maximum absolute atomic E-state index is 13.0. The summed E-state index contributed by atoms with van der Waals surface area (Å²) in [5, 5.41) is 13.7. The first-order chi connectivity index (χ1) is 10.1. The van der Waals surface area contributed by atoms with E-state index in [1.165, 1.54) is 12.1 Å². The number of benzene rings is 1. The number of carbonyl (C=O) groups excluding carboxylic acids is 1. The number of Topliss-reactive ketones (excluding diaryl/α,β-unsaturated/α-hetero) is 1. The Balaban J connectivity index is 1.77. The predicted molar refractivity (Wildman–Crippen MR) is 75.2 cm³/mol. The minimum atomic E-state index is -0.747. The maximum atomic E-state index is 13.0. The third kappa shape index (κ3) is 2.73. The number of piperidine rings is 1. The van der Waals surface area contributed by atoms with Crippen molar-refractivity contribution in [3.05, 3.63) is 35.6 Å². The number of ether oxygens (including phenoxy) is 1. The third-order valence-electron chi connectivity index (χ3n) is 4.71. The summed E-state index contributed by atoms with van der Waals surface area (Å²) in [7, 11) is 1.57. The zero-order valence-electron chi connectivity index (χ0n) is 12.0. The first-order valence-corrected chi connectivity index (χ1v) is 7.35. The van der Waals surface area contributed by atoms with E-state index in [2.05, 4.69) is 5.32 Å². The fourth-order valence-electron chi connectivity index (χ4n) is 3.59. The zero-order valence-corrected chi connectivity index (χ0v) is 12.0. The Hall–Kier alpha value is -1.30. The second-order valence-corrected chi connectivity index (χ2v) is 5.92. The fraction of sp³-hybridized carbons (Fsp3) is 0.562. The van der Waals surface area contributed by atoms with Crippen LogP contribution in [0, 0.1) is 11.7 Å². The summed E-state index contributed by atoms with van der Waals surface area (Å²) >= 11 is 0. The molecule has 5 atom stereocenters. The van der Waals surface area contributed by atoms with Crippen LogP contribution in [0.3, 0.4) is 0 Å². The molecule has 5 unspecified atom stereocenters. The molecule has 21 heavy (non-hydrogen) atoms. The molecule has 114 valence electrons. The number of hydrogen-bond donors (Lipinski definition) is 2. The predicted octanol–water partition coefficient (Wildman–Crippen LogP) is 1.58. The molecule has 0 spiro atoms. The van der Waals surface area contributed by atoms with E-state index in [-0.39, 0.29) is 29.8 Å². The van der Waals surface area contributed by atoms with Gasteiger partial charge in [0.05, 0.1) is 18.1 Å². The van der Waals surface area contributed by atoms with Crippen molar-refractivity contribution in [2.24, 2.45) is 5.92 Å². The van der Waals surface area contributed by atoms with E-state index >= 15 is 0 Å². The van der Waals surface area contributed by atoms with Crippen LogP contribution in [0.5, 0.6) is 0 Å². The Bertz CT molecular complexity index is 519. The van der Waals surface area contributed by atoms with Crippen LogP contribution in [-0.4, -0.2) is 36.2 Å². The van der Waals surface area contributed by atoms with E-state index in [0.717, 1.165) is 18.4 Å². The molecule has 4 nitrogen and oxygen atoms in total. The molecule has 0 amide bonds. The van der Waals surface area contributed by atoms with Gasteiger partial charge in [-0.2, -0.15) is 0 Å². The zero-order chi connectivity index (χ0) is 15.0. The van der Waals surface area contributed by atoms with Crippen molar-refractivity contribution in [2.45, 2.75) is 43.6 Å². The van der Waals surface area contributed by atoms with E-state index in [1.807, 2.05) is 0 Å². The molecule has 2 aliphatic rings. The molecule has 1 aromatic rings. The molecule has 1 saturated carbocycles. The van der Waals surface area contributed by atoms with Gasteiger partial charge in [-0.15, -0.1) is 0 Å².